The van der Waals surface area contributed by atoms with Crippen molar-refractivity contribution in [2.24, 2.45) is 0 Å². The number of pyridine rings is 1. The van der Waals surface area contributed by atoms with E-state index in [4.69, 9.17) is 4.74 Å². The van der Waals surface area contributed by atoms with Crippen molar-refractivity contribution in [2.75, 3.05) is 17.3 Å². The normalized spacial score (nSPS) is 17.0. The van der Waals surface area contributed by atoms with Gasteiger partial charge in [-0.3, -0.25) is 24.3 Å². The summed E-state index contributed by atoms with van der Waals surface area (Å²) in [4.78, 5) is 43.3. The van der Waals surface area contributed by atoms with Crippen molar-refractivity contribution in [3.05, 3.63) is 89.3 Å². The number of ether oxygens (including phenoxy) is 1. The van der Waals surface area contributed by atoms with Gasteiger partial charge in [0.2, 0.25) is 5.91 Å². The quantitative estimate of drug-likeness (QED) is 0.341. The third kappa shape index (κ3) is 4.13. The Morgan fingerprint density at radius 1 is 1.12 bits per heavy atom. The number of anilines is 2. The van der Waals surface area contributed by atoms with Crippen LogP contribution in [0.2, 0.25) is 0 Å². The Morgan fingerprint density at radius 2 is 1.85 bits per heavy atom. The number of nitrogens with one attached hydrogen (secondary N) is 1. The Hall–Kier alpha value is -4.46. The Labute approximate surface area is 196 Å². The maximum absolute atomic E-state index is 13.3. The van der Waals surface area contributed by atoms with Gasteiger partial charge in [-0.1, -0.05) is 17.7 Å². The zero-order chi connectivity index (χ0) is 24.4. The molecule has 1 fully saturated rings. The van der Waals surface area contributed by atoms with Gasteiger partial charge >= 0.3 is 0 Å². The average molecular weight is 457 g/mol. The minimum Gasteiger partial charge on any atom is -0.507 e. The van der Waals surface area contributed by atoms with Gasteiger partial charge in [0, 0.05) is 30.7 Å². The van der Waals surface area contributed by atoms with E-state index in [-0.39, 0.29) is 17.2 Å². The Bertz CT molecular complexity index is 1300. The second-order valence-electron chi connectivity index (χ2n) is 7.89. The van der Waals surface area contributed by atoms with E-state index in [2.05, 4.69) is 10.3 Å². The second-order valence-corrected chi connectivity index (χ2v) is 7.89. The number of hydrogen-bond acceptors (Lipinski definition) is 6. The molecule has 1 aliphatic rings. The molecule has 4 rings (SSSR count). The van der Waals surface area contributed by atoms with Gasteiger partial charge in [-0.05, 0) is 55.0 Å². The zero-order valence-electron chi connectivity index (χ0n) is 18.9. The topological polar surface area (TPSA) is 109 Å². The monoisotopic (exact) mass is 457 g/mol. The number of aliphatic hydroxyl groups is 1. The van der Waals surface area contributed by atoms with Gasteiger partial charge in [0.15, 0.2) is 0 Å². The van der Waals surface area contributed by atoms with Crippen LogP contribution in [0, 0.1) is 6.92 Å². The molecular formula is C26H23N3O5. The first kappa shape index (κ1) is 22.7. The summed E-state index contributed by atoms with van der Waals surface area (Å²) >= 11 is 0. The van der Waals surface area contributed by atoms with E-state index in [1.807, 2.05) is 13.0 Å². The summed E-state index contributed by atoms with van der Waals surface area (Å²) in [5.41, 5.74) is 2.64. The molecule has 1 saturated heterocycles. The molecule has 0 saturated carbocycles. The number of hydrogen-bond donors (Lipinski definition) is 2. The molecule has 8 nitrogen and oxygen atoms in total. The highest BCUT2D eigenvalue weighted by Crippen LogP contribution is 2.43. The molecule has 2 heterocycles. The molecule has 2 amide bonds. The molecule has 0 aliphatic carbocycles. The van der Waals surface area contributed by atoms with Crippen LogP contribution in [0.1, 0.15) is 29.7 Å². The van der Waals surface area contributed by atoms with Crippen LogP contribution in [0.3, 0.4) is 0 Å². The van der Waals surface area contributed by atoms with Crippen LogP contribution in [-0.2, 0) is 14.4 Å². The lowest BCUT2D eigenvalue weighted by Crippen LogP contribution is -2.29. The van der Waals surface area contributed by atoms with Crippen molar-refractivity contribution in [1.29, 1.82) is 0 Å². The van der Waals surface area contributed by atoms with Crippen LogP contribution < -0.4 is 15.0 Å². The third-order valence-corrected chi connectivity index (χ3v) is 5.52. The molecule has 2 N–H and O–H groups in total. The number of carbonyl (C=O) groups excluding carboxylic acids is 3. The van der Waals surface area contributed by atoms with Crippen molar-refractivity contribution in [3.8, 4) is 5.75 Å². The Kier molecular flexibility index (Phi) is 6.14. The van der Waals surface area contributed by atoms with Crippen LogP contribution in [0.25, 0.3) is 5.76 Å². The molecule has 172 valence electrons. The van der Waals surface area contributed by atoms with Crippen molar-refractivity contribution in [1.82, 2.24) is 4.98 Å². The van der Waals surface area contributed by atoms with Gasteiger partial charge in [-0.25, -0.2) is 0 Å². The van der Waals surface area contributed by atoms with Crippen LogP contribution >= 0.6 is 0 Å². The fourth-order valence-electron chi connectivity index (χ4n) is 4.01. The Morgan fingerprint density at radius 3 is 2.47 bits per heavy atom. The highest BCUT2D eigenvalue weighted by atomic mass is 16.5. The van der Waals surface area contributed by atoms with Gasteiger partial charge in [-0.15, -0.1) is 0 Å². The van der Waals surface area contributed by atoms with E-state index >= 15 is 0 Å². The molecule has 1 atom stereocenters. The van der Waals surface area contributed by atoms with Crippen LogP contribution in [0.4, 0.5) is 11.4 Å². The smallest absolute Gasteiger partial charge is 0.300 e. The molecule has 0 bridgehead atoms. The maximum atomic E-state index is 13.3. The molecule has 0 spiro atoms. The number of aromatic nitrogens is 1. The number of rotatable bonds is 5. The number of carbonyl (C=O) groups is 3. The number of amides is 2. The summed E-state index contributed by atoms with van der Waals surface area (Å²) in [6, 6.07) is 14.3. The molecule has 3 aromatic rings. The van der Waals surface area contributed by atoms with E-state index in [1.54, 1.807) is 60.9 Å². The molecule has 1 unspecified atom stereocenters. The second kappa shape index (κ2) is 9.19. The first-order valence-electron chi connectivity index (χ1n) is 10.6. The van der Waals surface area contributed by atoms with E-state index in [0.717, 1.165) is 5.56 Å². The molecule has 1 aliphatic heterocycles. The van der Waals surface area contributed by atoms with Gasteiger partial charge in [0.1, 0.15) is 11.5 Å². The third-order valence-electron chi connectivity index (χ3n) is 5.52. The van der Waals surface area contributed by atoms with Crippen LogP contribution in [0.15, 0.2) is 72.6 Å². The standard InChI is InChI=1S/C26H23N3O5/c1-15-6-11-21(34-3)20(13-15)24(31)22-23(17-5-4-12-27-14-17)29(26(33)25(22)32)19-9-7-18(8-10-19)28-16(2)30/h4-14,23,31H,1-3H3,(H,28,30)/b24-22+. The summed E-state index contributed by atoms with van der Waals surface area (Å²) in [6.07, 6.45) is 3.14. The van der Waals surface area contributed by atoms with E-state index in [9.17, 15) is 19.5 Å². The summed E-state index contributed by atoms with van der Waals surface area (Å²) in [7, 11) is 1.47. The SMILES string of the molecule is COc1ccc(C)cc1/C(O)=C1\C(=O)C(=O)N(c2ccc(NC(C)=O)cc2)C1c1cccnc1. The van der Waals surface area contributed by atoms with E-state index in [1.165, 1.54) is 18.9 Å². The van der Waals surface area contributed by atoms with E-state index in [0.29, 0.717) is 28.3 Å². The van der Waals surface area contributed by atoms with Crippen LogP contribution in [-0.4, -0.2) is 34.8 Å². The van der Waals surface area contributed by atoms with Gasteiger partial charge in [-0.2, -0.15) is 0 Å². The number of aliphatic hydroxyl groups excluding tert-OH is 1. The summed E-state index contributed by atoms with van der Waals surface area (Å²) in [5, 5.41) is 14.0. The zero-order valence-corrected chi connectivity index (χ0v) is 18.9. The largest absolute Gasteiger partial charge is 0.507 e. The molecule has 1 aromatic heterocycles. The van der Waals surface area contributed by atoms with Gasteiger partial charge in [0.05, 0.1) is 24.3 Å². The van der Waals surface area contributed by atoms with Crippen molar-refractivity contribution >= 4 is 34.7 Å². The van der Waals surface area contributed by atoms with Crippen LogP contribution in [0.5, 0.6) is 5.75 Å². The van der Waals surface area contributed by atoms with Crippen molar-refractivity contribution < 1.29 is 24.2 Å². The average Bonchev–Trinajstić information content (AvgIpc) is 3.10. The maximum Gasteiger partial charge on any atom is 0.300 e. The molecule has 0 radical (unpaired) electrons. The molecular weight excluding hydrogens is 434 g/mol. The van der Waals surface area contributed by atoms with Crippen molar-refractivity contribution in [2.45, 2.75) is 19.9 Å². The minimum atomic E-state index is -0.912. The predicted octanol–water partition coefficient (Wildman–Crippen LogP) is 3.98. The minimum absolute atomic E-state index is 0.0622. The fraction of sp³-hybridized carbons (Fsp3) is 0.154. The first-order valence-corrected chi connectivity index (χ1v) is 10.6. The van der Waals surface area contributed by atoms with E-state index < -0.39 is 17.7 Å². The lowest BCUT2D eigenvalue weighted by Gasteiger charge is -2.25. The number of ketones is 1. The number of nitrogens with zero attached hydrogens (tertiary/aromatic N) is 2. The van der Waals surface area contributed by atoms with Gasteiger partial charge < -0.3 is 15.2 Å². The summed E-state index contributed by atoms with van der Waals surface area (Å²) < 4.78 is 5.39. The van der Waals surface area contributed by atoms with Gasteiger partial charge in [0.25, 0.3) is 11.7 Å². The number of Topliss-reactive ketones (excluding diaryl/α,β-unsaturated/α-hetero) is 1. The predicted molar refractivity (Wildman–Crippen MR) is 127 cm³/mol. The summed E-state index contributed by atoms with van der Waals surface area (Å²) in [5.74, 6) is -1.78. The lowest BCUT2D eigenvalue weighted by molar-refractivity contribution is -0.132. The molecule has 8 heteroatoms. The number of aryl methyl sites for hydroxylation is 1. The molecule has 34 heavy (non-hydrogen) atoms. The molecule has 2 aromatic carbocycles. The highest BCUT2D eigenvalue weighted by Gasteiger charge is 2.47. The fourth-order valence-corrected chi connectivity index (χ4v) is 4.01. The van der Waals surface area contributed by atoms with Crippen molar-refractivity contribution in [3.63, 3.8) is 0 Å². The Balaban J connectivity index is 1.90. The number of methoxy groups -OCH3 is 1. The lowest BCUT2D eigenvalue weighted by atomic mass is 9.95. The highest BCUT2D eigenvalue weighted by molar-refractivity contribution is 6.51. The first-order chi connectivity index (χ1) is 16.3. The number of benzene rings is 2. The summed E-state index contributed by atoms with van der Waals surface area (Å²) in [6.45, 7) is 3.25.